The van der Waals surface area contributed by atoms with Crippen LogP contribution in [0.15, 0.2) is 64.6 Å². The lowest BCUT2D eigenvalue weighted by atomic mass is 9.84. The summed E-state index contributed by atoms with van der Waals surface area (Å²) in [5.41, 5.74) is 3.83. The first-order valence-electron chi connectivity index (χ1n) is 8.13. The summed E-state index contributed by atoms with van der Waals surface area (Å²) in [5.74, 6) is 0.155. The number of benzene rings is 1. The second-order valence-corrected chi connectivity index (χ2v) is 6.64. The Hall–Kier alpha value is -2.66. The summed E-state index contributed by atoms with van der Waals surface area (Å²) in [6.45, 7) is 4.00. The average molecular weight is 338 g/mol. The number of rotatable bonds is 3. The van der Waals surface area contributed by atoms with E-state index in [0.29, 0.717) is 11.3 Å². The van der Waals surface area contributed by atoms with Gasteiger partial charge in [0.05, 0.1) is 13.7 Å². The van der Waals surface area contributed by atoms with E-state index >= 15 is 0 Å². The lowest BCUT2D eigenvalue weighted by Crippen LogP contribution is -2.24. The molecule has 0 aromatic heterocycles. The molecule has 0 amide bonds. The smallest absolute Gasteiger partial charge is 0.208 e. The van der Waals surface area contributed by atoms with Gasteiger partial charge in [-0.3, -0.25) is 9.79 Å². The highest BCUT2D eigenvalue weighted by atomic mass is 16.5. The summed E-state index contributed by atoms with van der Waals surface area (Å²) in [6.07, 6.45) is 4.74. The highest BCUT2D eigenvalue weighted by Gasteiger charge is 2.38. The van der Waals surface area contributed by atoms with E-state index in [2.05, 4.69) is 35.9 Å². The van der Waals surface area contributed by atoms with Crippen LogP contribution < -0.4 is 4.90 Å². The maximum atomic E-state index is 12.3. The third-order valence-electron chi connectivity index (χ3n) is 4.79. The van der Waals surface area contributed by atoms with Gasteiger partial charge in [0.2, 0.25) is 5.78 Å². The number of aliphatic hydroxyl groups excluding tert-OH is 1. The standard InChI is InChI=1S/C20H22N2O3/c1-20(2)15-7-5-6-8-16(15)22(3)18(20)11-21-19-13(12-23)9-14(25-4)10-17(19)24/h5-11,23H,12H2,1-4H3/b18-11+,21-19?. The zero-order valence-corrected chi connectivity index (χ0v) is 14.9. The van der Waals surface area contributed by atoms with Crippen LogP contribution in [0.5, 0.6) is 0 Å². The predicted molar refractivity (Wildman–Crippen MR) is 98.7 cm³/mol. The summed E-state index contributed by atoms with van der Waals surface area (Å²) < 4.78 is 5.09. The minimum atomic E-state index is -0.270. The molecule has 0 saturated carbocycles. The molecule has 1 aromatic carbocycles. The number of allylic oxidation sites excluding steroid dienone is 3. The minimum absolute atomic E-state index is 0.219. The van der Waals surface area contributed by atoms with E-state index in [-0.39, 0.29) is 23.5 Å². The molecule has 0 bridgehead atoms. The topological polar surface area (TPSA) is 62.1 Å². The van der Waals surface area contributed by atoms with Crippen LogP contribution in [-0.2, 0) is 14.9 Å². The number of ether oxygens (including phenoxy) is 1. The Morgan fingerprint density at radius 3 is 2.64 bits per heavy atom. The molecule has 0 saturated heterocycles. The second-order valence-electron chi connectivity index (χ2n) is 6.64. The fraction of sp³-hybridized carbons (Fsp3) is 0.300. The molecule has 0 spiro atoms. The van der Waals surface area contributed by atoms with E-state index in [1.807, 2.05) is 19.2 Å². The molecule has 0 fully saturated rings. The van der Waals surface area contributed by atoms with Crippen LogP contribution in [0.25, 0.3) is 0 Å². The Kier molecular flexibility index (Phi) is 4.35. The van der Waals surface area contributed by atoms with Crippen molar-refractivity contribution in [2.45, 2.75) is 19.3 Å². The number of nitrogens with zero attached hydrogens (tertiary/aromatic N) is 2. The van der Waals surface area contributed by atoms with E-state index < -0.39 is 0 Å². The SMILES string of the molecule is COC1=CC(=O)C(=N/C=C2/N(C)c3ccccc3C2(C)C)C(CO)=C1. The molecule has 0 unspecified atom stereocenters. The van der Waals surface area contributed by atoms with Crippen LogP contribution in [0.1, 0.15) is 19.4 Å². The molecule has 1 N–H and O–H groups in total. The van der Waals surface area contributed by atoms with Gasteiger partial charge in [0.1, 0.15) is 11.5 Å². The predicted octanol–water partition coefficient (Wildman–Crippen LogP) is 2.73. The number of para-hydroxylation sites is 1. The van der Waals surface area contributed by atoms with Crippen LogP contribution in [0.4, 0.5) is 5.69 Å². The Morgan fingerprint density at radius 2 is 2.00 bits per heavy atom. The Morgan fingerprint density at radius 1 is 1.28 bits per heavy atom. The van der Waals surface area contributed by atoms with Crippen molar-refractivity contribution in [3.05, 3.63) is 65.2 Å². The van der Waals surface area contributed by atoms with Gasteiger partial charge >= 0.3 is 0 Å². The number of likely N-dealkylation sites (N-methyl/N-ethyl adjacent to an activating group) is 1. The number of fused-ring (bicyclic) bond motifs is 1. The third kappa shape index (κ3) is 2.81. The molecule has 25 heavy (non-hydrogen) atoms. The molecular weight excluding hydrogens is 316 g/mol. The normalized spacial score (nSPS) is 22.1. The molecule has 1 aliphatic carbocycles. The van der Waals surface area contributed by atoms with Crippen molar-refractivity contribution >= 4 is 17.2 Å². The van der Waals surface area contributed by atoms with E-state index in [9.17, 15) is 9.90 Å². The molecule has 5 nitrogen and oxygen atoms in total. The molecule has 1 heterocycles. The fourth-order valence-corrected chi connectivity index (χ4v) is 3.38. The molecule has 5 heteroatoms. The first-order valence-corrected chi connectivity index (χ1v) is 8.13. The number of hydrogen-bond acceptors (Lipinski definition) is 5. The number of methoxy groups -OCH3 is 1. The molecular formula is C20H22N2O3. The van der Waals surface area contributed by atoms with Gasteiger partial charge in [0, 0.05) is 41.7 Å². The monoisotopic (exact) mass is 338 g/mol. The molecule has 1 aromatic rings. The zero-order valence-electron chi connectivity index (χ0n) is 14.9. The van der Waals surface area contributed by atoms with Crippen molar-refractivity contribution in [3.63, 3.8) is 0 Å². The number of aliphatic imine (C=N–C) groups is 1. The van der Waals surface area contributed by atoms with Crippen LogP contribution in [0, 0.1) is 0 Å². The van der Waals surface area contributed by atoms with E-state index in [0.717, 1.165) is 11.4 Å². The lowest BCUT2D eigenvalue weighted by Gasteiger charge is -2.23. The van der Waals surface area contributed by atoms with Crippen LogP contribution in [-0.4, -0.2) is 37.4 Å². The zero-order chi connectivity index (χ0) is 18.2. The Balaban J connectivity index is 2.02. The lowest BCUT2D eigenvalue weighted by molar-refractivity contribution is -0.109. The molecule has 3 rings (SSSR count). The summed E-state index contributed by atoms with van der Waals surface area (Å²) in [6, 6.07) is 8.22. The second kappa shape index (κ2) is 6.33. The maximum absolute atomic E-state index is 12.3. The highest BCUT2D eigenvalue weighted by Crippen LogP contribution is 2.46. The van der Waals surface area contributed by atoms with E-state index in [4.69, 9.17) is 4.74 Å². The van der Waals surface area contributed by atoms with E-state index in [1.165, 1.54) is 18.7 Å². The van der Waals surface area contributed by atoms with Gasteiger partial charge in [-0.05, 0) is 17.7 Å². The van der Waals surface area contributed by atoms with Gasteiger partial charge in [0.25, 0.3) is 0 Å². The molecule has 2 aliphatic rings. The molecule has 0 atom stereocenters. The number of carbonyl (C=O) groups is 1. The van der Waals surface area contributed by atoms with Gasteiger partial charge < -0.3 is 14.7 Å². The van der Waals surface area contributed by atoms with Gasteiger partial charge in [-0.25, -0.2) is 0 Å². The number of anilines is 1. The fourth-order valence-electron chi connectivity index (χ4n) is 3.38. The van der Waals surface area contributed by atoms with Gasteiger partial charge in [-0.2, -0.15) is 0 Å². The number of carbonyl (C=O) groups excluding carboxylic acids is 1. The van der Waals surface area contributed by atoms with Crippen LogP contribution in [0.2, 0.25) is 0 Å². The number of aliphatic hydroxyl groups is 1. The largest absolute Gasteiger partial charge is 0.497 e. The van der Waals surface area contributed by atoms with Crippen molar-refractivity contribution in [2.75, 3.05) is 25.7 Å². The minimum Gasteiger partial charge on any atom is -0.497 e. The Labute approximate surface area is 147 Å². The van der Waals surface area contributed by atoms with Gasteiger partial charge in [-0.15, -0.1) is 0 Å². The van der Waals surface area contributed by atoms with Crippen molar-refractivity contribution in [1.29, 1.82) is 0 Å². The molecule has 0 radical (unpaired) electrons. The van der Waals surface area contributed by atoms with Crippen LogP contribution >= 0.6 is 0 Å². The van der Waals surface area contributed by atoms with E-state index in [1.54, 1.807) is 12.3 Å². The summed E-state index contributed by atoms with van der Waals surface area (Å²) in [7, 11) is 3.48. The third-order valence-corrected chi connectivity index (χ3v) is 4.79. The van der Waals surface area contributed by atoms with Crippen LogP contribution in [0.3, 0.4) is 0 Å². The molecule has 1 aliphatic heterocycles. The van der Waals surface area contributed by atoms with Gasteiger partial charge in [-0.1, -0.05) is 32.0 Å². The first-order chi connectivity index (χ1) is 11.9. The van der Waals surface area contributed by atoms with Gasteiger partial charge in [0.15, 0.2) is 0 Å². The van der Waals surface area contributed by atoms with Crippen molar-refractivity contribution < 1.29 is 14.6 Å². The highest BCUT2D eigenvalue weighted by molar-refractivity contribution is 6.50. The maximum Gasteiger partial charge on any atom is 0.208 e. The summed E-state index contributed by atoms with van der Waals surface area (Å²) >= 11 is 0. The Bertz CT molecular complexity index is 844. The summed E-state index contributed by atoms with van der Waals surface area (Å²) in [5, 5.41) is 9.57. The summed E-state index contributed by atoms with van der Waals surface area (Å²) in [4.78, 5) is 18.8. The molecule has 130 valence electrons. The average Bonchev–Trinajstić information content (AvgIpc) is 2.80. The van der Waals surface area contributed by atoms with Crippen molar-refractivity contribution in [2.24, 2.45) is 4.99 Å². The van der Waals surface area contributed by atoms with Crippen molar-refractivity contribution in [1.82, 2.24) is 0 Å². The first kappa shape index (κ1) is 17.2. The number of ketones is 1. The number of hydrogen-bond donors (Lipinski definition) is 1. The quantitative estimate of drug-likeness (QED) is 0.861. The van der Waals surface area contributed by atoms with Crippen molar-refractivity contribution in [3.8, 4) is 0 Å².